The lowest BCUT2D eigenvalue weighted by atomic mass is 10.2. The number of hydrogen-bond donors (Lipinski definition) is 2. The van der Waals surface area contributed by atoms with Crippen molar-refractivity contribution in [3.8, 4) is 0 Å². The van der Waals surface area contributed by atoms with Crippen molar-refractivity contribution in [2.75, 3.05) is 6.54 Å². The number of carbonyl (C=O) groups is 1. The molecule has 0 aliphatic heterocycles. The molecule has 102 valence electrons. The zero-order valence-electron chi connectivity index (χ0n) is 11.6. The molecule has 0 fully saturated rings. The molecular formula is C14H24N2OS. The summed E-state index contributed by atoms with van der Waals surface area (Å²) in [6.45, 7) is 7.53. The van der Waals surface area contributed by atoms with Crippen LogP contribution in [0, 0.1) is 0 Å². The lowest BCUT2D eigenvalue weighted by Crippen LogP contribution is -2.39. The first-order valence-corrected chi connectivity index (χ1v) is 7.58. The molecule has 1 rings (SSSR count). The van der Waals surface area contributed by atoms with E-state index in [1.54, 1.807) is 0 Å². The van der Waals surface area contributed by atoms with E-state index in [-0.39, 0.29) is 5.91 Å². The minimum Gasteiger partial charge on any atom is -0.352 e. The molecule has 0 aliphatic carbocycles. The normalized spacial score (nSPS) is 10.9. The molecule has 0 saturated carbocycles. The molecule has 0 aliphatic rings. The molecule has 3 nitrogen and oxygen atoms in total. The van der Waals surface area contributed by atoms with Crippen molar-refractivity contribution in [1.82, 2.24) is 10.6 Å². The van der Waals surface area contributed by atoms with Gasteiger partial charge in [0.05, 0.1) is 6.54 Å². The second-order valence-corrected chi connectivity index (χ2v) is 5.66. The summed E-state index contributed by atoms with van der Waals surface area (Å²) < 4.78 is 0. The van der Waals surface area contributed by atoms with Gasteiger partial charge in [0, 0.05) is 22.3 Å². The van der Waals surface area contributed by atoms with Crippen molar-refractivity contribution in [2.45, 2.75) is 52.6 Å². The predicted molar refractivity (Wildman–Crippen MR) is 77.9 cm³/mol. The number of aryl methyl sites for hydroxylation is 1. The average Bonchev–Trinajstić information content (AvgIpc) is 2.84. The van der Waals surface area contributed by atoms with Crippen LogP contribution in [0.1, 0.15) is 43.4 Å². The van der Waals surface area contributed by atoms with Gasteiger partial charge in [-0.15, -0.1) is 11.3 Å². The average molecular weight is 268 g/mol. The number of carbonyl (C=O) groups excluding carboxylic acids is 1. The van der Waals surface area contributed by atoms with E-state index in [0.29, 0.717) is 12.6 Å². The van der Waals surface area contributed by atoms with E-state index >= 15 is 0 Å². The maximum Gasteiger partial charge on any atom is 0.234 e. The second-order valence-electron chi connectivity index (χ2n) is 4.41. The first kappa shape index (κ1) is 15.2. The number of nitrogens with one attached hydrogen (secondary N) is 2. The first-order chi connectivity index (χ1) is 8.69. The fourth-order valence-corrected chi connectivity index (χ4v) is 2.71. The quantitative estimate of drug-likeness (QED) is 0.761. The van der Waals surface area contributed by atoms with Crippen LogP contribution >= 0.6 is 11.3 Å². The van der Waals surface area contributed by atoms with Crippen LogP contribution in [0.4, 0.5) is 0 Å². The Bertz CT molecular complexity index is 358. The van der Waals surface area contributed by atoms with Gasteiger partial charge < -0.3 is 10.6 Å². The van der Waals surface area contributed by atoms with Gasteiger partial charge in [0.2, 0.25) is 5.91 Å². The summed E-state index contributed by atoms with van der Waals surface area (Å²) in [7, 11) is 0. The molecule has 1 heterocycles. The van der Waals surface area contributed by atoms with E-state index < -0.39 is 0 Å². The summed E-state index contributed by atoms with van der Waals surface area (Å²) in [5, 5.41) is 6.21. The third kappa shape index (κ3) is 5.19. The summed E-state index contributed by atoms with van der Waals surface area (Å²) in [4.78, 5) is 14.3. The number of hydrogen-bond acceptors (Lipinski definition) is 3. The zero-order chi connectivity index (χ0) is 13.4. The van der Waals surface area contributed by atoms with Crippen LogP contribution in [0.2, 0.25) is 0 Å². The van der Waals surface area contributed by atoms with Gasteiger partial charge in [-0.2, -0.15) is 0 Å². The summed E-state index contributed by atoms with van der Waals surface area (Å²) in [6, 6.07) is 4.61. The van der Waals surface area contributed by atoms with E-state index in [9.17, 15) is 4.79 Å². The standard InChI is InChI=1S/C14H24N2OS/c1-4-11(5-2)16-14(17)10-15-9-13-8-7-12(6-3)18-13/h7-8,11,15H,4-6,9-10H2,1-3H3,(H,16,17). The minimum absolute atomic E-state index is 0.0935. The van der Waals surface area contributed by atoms with Crippen LogP contribution in [0.25, 0.3) is 0 Å². The summed E-state index contributed by atoms with van der Waals surface area (Å²) in [5.41, 5.74) is 0. The number of rotatable bonds is 8. The smallest absolute Gasteiger partial charge is 0.234 e. The van der Waals surface area contributed by atoms with Crippen molar-refractivity contribution in [3.63, 3.8) is 0 Å². The lowest BCUT2D eigenvalue weighted by molar-refractivity contribution is -0.121. The molecule has 0 bridgehead atoms. The second kappa shape index (κ2) is 8.27. The van der Waals surface area contributed by atoms with Crippen molar-refractivity contribution in [3.05, 3.63) is 21.9 Å². The van der Waals surface area contributed by atoms with Crippen molar-refractivity contribution >= 4 is 17.2 Å². The van der Waals surface area contributed by atoms with E-state index in [2.05, 4.69) is 43.5 Å². The van der Waals surface area contributed by atoms with Gasteiger partial charge >= 0.3 is 0 Å². The highest BCUT2D eigenvalue weighted by Crippen LogP contribution is 2.16. The summed E-state index contributed by atoms with van der Waals surface area (Å²) >= 11 is 1.81. The molecule has 2 N–H and O–H groups in total. The van der Waals surface area contributed by atoms with E-state index in [1.807, 2.05) is 11.3 Å². The fourth-order valence-electron chi connectivity index (χ4n) is 1.78. The highest BCUT2D eigenvalue weighted by molar-refractivity contribution is 7.11. The third-order valence-corrected chi connectivity index (χ3v) is 4.23. The molecule has 1 aromatic rings. The summed E-state index contributed by atoms with van der Waals surface area (Å²) in [6.07, 6.45) is 3.07. The number of amides is 1. The van der Waals surface area contributed by atoms with E-state index in [1.165, 1.54) is 9.75 Å². The SMILES string of the molecule is CCc1ccc(CNCC(=O)NC(CC)CC)s1. The molecular weight excluding hydrogens is 244 g/mol. The maximum atomic E-state index is 11.7. The molecule has 18 heavy (non-hydrogen) atoms. The van der Waals surface area contributed by atoms with E-state index in [0.717, 1.165) is 25.8 Å². The maximum absolute atomic E-state index is 11.7. The highest BCUT2D eigenvalue weighted by atomic mass is 32.1. The zero-order valence-corrected chi connectivity index (χ0v) is 12.4. The lowest BCUT2D eigenvalue weighted by Gasteiger charge is -2.14. The molecule has 1 amide bonds. The van der Waals surface area contributed by atoms with Crippen LogP contribution in [-0.4, -0.2) is 18.5 Å². The van der Waals surface area contributed by atoms with Gasteiger partial charge in [0.1, 0.15) is 0 Å². The van der Waals surface area contributed by atoms with Gasteiger partial charge in [-0.05, 0) is 31.4 Å². The van der Waals surface area contributed by atoms with Crippen LogP contribution < -0.4 is 10.6 Å². The topological polar surface area (TPSA) is 41.1 Å². The van der Waals surface area contributed by atoms with Crippen LogP contribution in [-0.2, 0) is 17.8 Å². The van der Waals surface area contributed by atoms with Crippen LogP contribution in [0.5, 0.6) is 0 Å². The van der Waals surface area contributed by atoms with Gasteiger partial charge in [0.15, 0.2) is 0 Å². The molecule has 0 spiro atoms. The van der Waals surface area contributed by atoms with Crippen LogP contribution in [0.3, 0.4) is 0 Å². The largest absolute Gasteiger partial charge is 0.352 e. The van der Waals surface area contributed by atoms with Gasteiger partial charge in [-0.25, -0.2) is 0 Å². The molecule has 0 atom stereocenters. The van der Waals surface area contributed by atoms with Crippen molar-refractivity contribution in [2.24, 2.45) is 0 Å². The Balaban J connectivity index is 2.22. The number of thiophene rings is 1. The Labute approximate surface area is 114 Å². The molecule has 4 heteroatoms. The highest BCUT2D eigenvalue weighted by Gasteiger charge is 2.07. The molecule has 1 aromatic heterocycles. The van der Waals surface area contributed by atoms with Crippen molar-refractivity contribution < 1.29 is 4.79 Å². The Morgan fingerprint density at radius 1 is 1.22 bits per heavy atom. The summed E-state index contributed by atoms with van der Waals surface area (Å²) in [5.74, 6) is 0.0935. The van der Waals surface area contributed by atoms with Gasteiger partial charge in [-0.3, -0.25) is 4.79 Å². The first-order valence-electron chi connectivity index (χ1n) is 6.77. The monoisotopic (exact) mass is 268 g/mol. The Morgan fingerprint density at radius 2 is 1.89 bits per heavy atom. The minimum atomic E-state index is 0.0935. The molecule has 0 aromatic carbocycles. The third-order valence-electron chi connectivity index (χ3n) is 3.00. The molecule has 0 radical (unpaired) electrons. The molecule has 0 saturated heterocycles. The van der Waals surface area contributed by atoms with Crippen molar-refractivity contribution in [1.29, 1.82) is 0 Å². The fraction of sp³-hybridized carbons (Fsp3) is 0.643. The Kier molecular flexibility index (Phi) is 6.98. The Hall–Kier alpha value is -0.870. The predicted octanol–water partition coefficient (Wildman–Crippen LogP) is 2.70. The van der Waals surface area contributed by atoms with E-state index in [4.69, 9.17) is 0 Å². The molecule has 0 unspecified atom stereocenters. The van der Waals surface area contributed by atoms with Gasteiger partial charge in [0.25, 0.3) is 0 Å². The Morgan fingerprint density at radius 3 is 2.44 bits per heavy atom. The van der Waals surface area contributed by atoms with Gasteiger partial charge in [-0.1, -0.05) is 20.8 Å². The van der Waals surface area contributed by atoms with Crippen LogP contribution in [0.15, 0.2) is 12.1 Å².